The van der Waals surface area contributed by atoms with Gasteiger partial charge in [0.2, 0.25) is 5.90 Å². The normalized spacial score (nSPS) is 17.1. The number of hydrogen-bond acceptors (Lipinski definition) is 5. The second-order valence-corrected chi connectivity index (χ2v) is 3.84. The molecule has 5 nitrogen and oxygen atoms in total. The number of rotatable bonds is 3. The predicted molar refractivity (Wildman–Crippen MR) is 69.3 cm³/mol. The third kappa shape index (κ3) is 2.82. The Hall–Kier alpha value is -2.43. The third-order valence-corrected chi connectivity index (χ3v) is 2.17. The van der Waals surface area contributed by atoms with E-state index in [9.17, 15) is 4.79 Å². The van der Waals surface area contributed by atoms with Crippen LogP contribution in [0.3, 0.4) is 0 Å². The zero-order valence-electron chi connectivity index (χ0n) is 10.2. The van der Waals surface area contributed by atoms with Crippen LogP contribution < -0.4 is 0 Å². The summed E-state index contributed by atoms with van der Waals surface area (Å²) in [5.41, 5.74) is 1.03. The van der Waals surface area contributed by atoms with E-state index in [0.717, 1.165) is 5.56 Å². The maximum absolute atomic E-state index is 11.6. The molecule has 18 heavy (non-hydrogen) atoms. The number of carbonyl (C=O) groups is 1. The Labute approximate surface area is 105 Å². The molecule has 0 radical (unpaired) electrons. The lowest BCUT2D eigenvalue weighted by molar-refractivity contribution is -0.130. The molecule has 92 valence electrons. The number of aliphatic imine (C=N–C) groups is 1. The highest BCUT2D eigenvalue weighted by atomic mass is 16.6. The highest BCUT2D eigenvalue weighted by molar-refractivity contribution is 6.12. The van der Waals surface area contributed by atoms with Crippen LogP contribution >= 0.6 is 0 Å². The van der Waals surface area contributed by atoms with Crippen molar-refractivity contribution in [2.75, 3.05) is 14.1 Å². The summed E-state index contributed by atoms with van der Waals surface area (Å²) in [6.45, 7) is 0. The first-order chi connectivity index (χ1) is 8.66. The van der Waals surface area contributed by atoms with Crippen LogP contribution in [-0.4, -0.2) is 37.2 Å². The molecule has 0 aliphatic carbocycles. The predicted octanol–water partition coefficient (Wildman–Crippen LogP) is 1.42. The van der Waals surface area contributed by atoms with Gasteiger partial charge in [-0.25, -0.2) is 9.79 Å². The molecule has 0 saturated carbocycles. The van der Waals surface area contributed by atoms with Crippen LogP contribution in [0.1, 0.15) is 5.56 Å². The van der Waals surface area contributed by atoms with Crippen LogP contribution in [0.5, 0.6) is 0 Å². The average Bonchev–Trinajstić information content (AvgIpc) is 2.72. The summed E-state index contributed by atoms with van der Waals surface area (Å²) in [4.78, 5) is 15.7. The third-order valence-electron chi connectivity index (χ3n) is 2.17. The zero-order chi connectivity index (χ0) is 13.0. The maximum atomic E-state index is 11.6. The summed E-state index contributed by atoms with van der Waals surface area (Å²) in [5, 5.41) is 5.60. The van der Waals surface area contributed by atoms with Crippen LogP contribution in [0.2, 0.25) is 0 Å². The van der Waals surface area contributed by atoms with E-state index in [1.54, 1.807) is 19.1 Å². The maximum Gasteiger partial charge on any atom is 0.363 e. The number of esters is 1. The van der Waals surface area contributed by atoms with Crippen molar-refractivity contribution in [2.45, 2.75) is 0 Å². The standard InChI is InChI=1S/C13H13N3O2/c1-16(2)14-9-8-11-13(17)18-12(15-11)10-6-4-3-5-7-10/h3-9H,1-2H3/b11-8+,14-9-. The van der Waals surface area contributed by atoms with Crippen molar-refractivity contribution in [3.05, 3.63) is 47.7 Å². The minimum Gasteiger partial charge on any atom is -0.402 e. The van der Waals surface area contributed by atoms with Crippen molar-refractivity contribution in [1.82, 2.24) is 5.01 Å². The van der Waals surface area contributed by atoms with Crippen LogP contribution in [-0.2, 0) is 9.53 Å². The fourth-order valence-corrected chi connectivity index (χ4v) is 1.36. The van der Waals surface area contributed by atoms with E-state index in [1.807, 2.05) is 30.3 Å². The fraction of sp³-hybridized carbons (Fsp3) is 0.154. The van der Waals surface area contributed by atoms with E-state index in [-0.39, 0.29) is 5.70 Å². The second kappa shape index (κ2) is 5.27. The van der Waals surface area contributed by atoms with E-state index in [1.165, 1.54) is 12.3 Å². The van der Waals surface area contributed by atoms with Crippen LogP contribution in [0.15, 0.2) is 52.2 Å². The molecule has 1 aliphatic rings. The first-order valence-electron chi connectivity index (χ1n) is 5.44. The molecule has 1 aromatic rings. The number of nitrogens with zero attached hydrogens (tertiary/aromatic N) is 3. The van der Waals surface area contributed by atoms with Gasteiger partial charge in [0.05, 0.1) is 0 Å². The number of hydrazone groups is 1. The molecule has 0 fully saturated rings. The first kappa shape index (κ1) is 12.0. The molecule has 1 aliphatic heterocycles. The summed E-state index contributed by atoms with van der Waals surface area (Å²) >= 11 is 0. The van der Waals surface area contributed by atoms with Crippen molar-refractivity contribution < 1.29 is 9.53 Å². The minimum atomic E-state index is -0.459. The van der Waals surface area contributed by atoms with Crippen molar-refractivity contribution in [3.63, 3.8) is 0 Å². The van der Waals surface area contributed by atoms with Gasteiger partial charge in [-0.2, -0.15) is 5.10 Å². The smallest absolute Gasteiger partial charge is 0.363 e. The lowest BCUT2D eigenvalue weighted by Gasteiger charge is -1.99. The monoisotopic (exact) mass is 243 g/mol. The number of benzene rings is 1. The number of ether oxygens (including phenoxy) is 1. The molecule has 0 N–H and O–H groups in total. The van der Waals surface area contributed by atoms with Crippen molar-refractivity contribution in [1.29, 1.82) is 0 Å². The molecule has 0 atom stereocenters. The van der Waals surface area contributed by atoms with Crippen LogP contribution in [0, 0.1) is 0 Å². The Morgan fingerprint density at radius 1 is 1.28 bits per heavy atom. The first-order valence-corrected chi connectivity index (χ1v) is 5.44. The summed E-state index contributed by atoms with van der Waals surface area (Å²) in [6.07, 6.45) is 3.03. The van der Waals surface area contributed by atoms with Gasteiger partial charge >= 0.3 is 5.97 Å². The molecule has 0 saturated heterocycles. The summed E-state index contributed by atoms with van der Waals surface area (Å²) in [5.74, 6) is -0.135. The molecule has 5 heteroatoms. The number of hydrogen-bond donors (Lipinski definition) is 0. The fourth-order valence-electron chi connectivity index (χ4n) is 1.36. The largest absolute Gasteiger partial charge is 0.402 e. The topological polar surface area (TPSA) is 54.3 Å². The number of carbonyl (C=O) groups excluding carboxylic acids is 1. The highest BCUT2D eigenvalue weighted by Crippen LogP contribution is 2.15. The van der Waals surface area contributed by atoms with E-state index in [4.69, 9.17) is 4.74 Å². The molecule has 0 aromatic heterocycles. The Bertz CT molecular complexity index is 530. The van der Waals surface area contributed by atoms with Crippen molar-refractivity contribution in [2.24, 2.45) is 10.1 Å². The average molecular weight is 243 g/mol. The minimum absolute atomic E-state index is 0.249. The van der Waals surface area contributed by atoms with E-state index >= 15 is 0 Å². The molecule has 0 spiro atoms. The highest BCUT2D eigenvalue weighted by Gasteiger charge is 2.23. The Morgan fingerprint density at radius 3 is 2.67 bits per heavy atom. The number of allylic oxidation sites excluding steroid dienone is 1. The van der Waals surface area contributed by atoms with Gasteiger partial charge < -0.3 is 9.75 Å². The van der Waals surface area contributed by atoms with Crippen molar-refractivity contribution in [3.8, 4) is 0 Å². The summed E-state index contributed by atoms with van der Waals surface area (Å²) in [7, 11) is 3.58. The van der Waals surface area contributed by atoms with Gasteiger partial charge in [-0.3, -0.25) is 0 Å². The molecule has 0 amide bonds. The van der Waals surface area contributed by atoms with Gasteiger partial charge in [-0.15, -0.1) is 0 Å². The quantitative estimate of drug-likeness (QED) is 0.349. The molecular weight excluding hydrogens is 230 g/mol. The van der Waals surface area contributed by atoms with Gasteiger partial charge in [0.25, 0.3) is 0 Å². The van der Waals surface area contributed by atoms with Crippen molar-refractivity contribution >= 4 is 18.1 Å². The molecule has 0 unspecified atom stereocenters. The van der Waals surface area contributed by atoms with E-state index in [2.05, 4.69) is 10.1 Å². The zero-order valence-corrected chi connectivity index (χ0v) is 10.2. The Balaban J connectivity index is 2.20. The molecular formula is C13H13N3O2. The summed E-state index contributed by atoms with van der Waals surface area (Å²) in [6, 6.07) is 9.29. The van der Waals surface area contributed by atoms with Gasteiger partial charge in [-0.1, -0.05) is 18.2 Å². The molecule has 1 heterocycles. The second-order valence-electron chi connectivity index (χ2n) is 3.84. The van der Waals surface area contributed by atoms with Gasteiger partial charge in [-0.05, 0) is 18.2 Å². The molecule has 1 aromatic carbocycles. The van der Waals surface area contributed by atoms with E-state index in [0.29, 0.717) is 5.90 Å². The van der Waals surface area contributed by atoms with Crippen LogP contribution in [0.4, 0.5) is 0 Å². The SMILES string of the molecule is CN(C)/N=C\C=C1\N=C(c2ccccc2)OC1=O. The Morgan fingerprint density at radius 2 is 2.00 bits per heavy atom. The lowest BCUT2D eigenvalue weighted by Crippen LogP contribution is -2.05. The number of cyclic esters (lactones) is 1. The van der Waals surface area contributed by atoms with Gasteiger partial charge in [0.1, 0.15) is 0 Å². The van der Waals surface area contributed by atoms with Crippen LogP contribution in [0.25, 0.3) is 0 Å². The van der Waals surface area contributed by atoms with Gasteiger partial charge in [0, 0.05) is 25.9 Å². The molecule has 0 bridgehead atoms. The summed E-state index contributed by atoms with van der Waals surface area (Å²) < 4.78 is 5.09. The Kier molecular flexibility index (Phi) is 3.52. The lowest BCUT2D eigenvalue weighted by atomic mass is 10.2. The van der Waals surface area contributed by atoms with Gasteiger partial charge in [0.15, 0.2) is 5.70 Å². The molecule has 2 rings (SSSR count). The van der Waals surface area contributed by atoms with E-state index < -0.39 is 5.97 Å².